The minimum Gasteiger partial charge on any atom is -0.314 e. The lowest BCUT2D eigenvalue weighted by molar-refractivity contribution is 0.148. The van der Waals surface area contributed by atoms with Gasteiger partial charge in [0.1, 0.15) is 5.67 Å². The van der Waals surface area contributed by atoms with Crippen molar-refractivity contribution in [2.75, 3.05) is 25.1 Å². The summed E-state index contributed by atoms with van der Waals surface area (Å²) >= 11 is 0. The van der Waals surface area contributed by atoms with E-state index in [0.29, 0.717) is 12.8 Å². The Labute approximate surface area is 72.3 Å². The van der Waals surface area contributed by atoms with Gasteiger partial charge in [0.15, 0.2) is 9.84 Å². The van der Waals surface area contributed by atoms with Gasteiger partial charge in [-0.2, -0.15) is 0 Å². The van der Waals surface area contributed by atoms with E-state index in [0.717, 1.165) is 12.8 Å². The largest absolute Gasteiger partial charge is 0.314 e. The van der Waals surface area contributed by atoms with Crippen LogP contribution in [-0.2, 0) is 9.84 Å². The molecule has 12 heavy (non-hydrogen) atoms. The van der Waals surface area contributed by atoms with Crippen molar-refractivity contribution in [2.45, 2.75) is 18.5 Å². The predicted octanol–water partition coefficient (Wildman–Crippen LogP) is 0.123. The molecule has 1 fully saturated rings. The summed E-state index contributed by atoms with van der Waals surface area (Å²) in [5.74, 6) is -0.354. The molecule has 1 atom stereocenters. The Morgan fingerprint density at radius 1 is 1.58 bits per heavy atom. The summed E-state index contributed by atoms with van der Waals surface area (Å²) in [7, 11) is -3.20. The topological polar surface area (TPSA) is 46.2 Å². The van der Waals surface area contributed by atoms with Gasteiger partial charge in [0.05, 0.1) is 5.75 Å². The van der Waals surface area contributed by atoms with Crippen molar-refractivity contribution in [3.63, 3.8) is 0 Å². The number of hydrogen-bond donors (Lipinski definition) is 1. The van der Waals surface area contributed by atoms with Crippen molar-refractivity contribution in [1.29, 1.82) is 0 Å². The molecule has 0 spiro atoms. The van der Waals surface area contributed by atoms with Gasteiger partial charge in [0.25, 0.3) is 0 Å². The van der Waals surface area contributed by atoms with E-state index in [1.807, 2.05) is 0 Å². The molecule has 0 aromatic carbocycles. The minimum absolute atomic E-state index is 0.167. The van der Waals surface area contributed by atoms with Crippen molar-refractivity contribution in [3.05, 3.63) is 0 Å². The SMILES string of the molecule is CS(=O)(=O)CC1(F)CCCNC1. The molecule has 0 aromatic rings. The standard InChI is InChI=1S/C7H14FNO2S/c1-12(10,11)6-7(8)3-2-4-9-5-7/h9H,2-6H2,1H3. The van der Waals surface area contributed by atoms with Gasteiger partial charge in [-0.3, -0.25) is 0 Å². The quantitative estimate of drug-likeness (QED) is 0.681. The monoisotopic (exact) mass is 195 g/mol. The Balaban J connectivity index is 2.59. The second kappa shape index (κ2) is 3.30. The van der Waals surface area contributed by atoms with Gasteiger partial charge in [-0.05, 0) is 19.4 Å². The van der Waals surface area contributed by atoms with E-state index in [9.17, 15) is 12.8 Å². The molecule has 0 saturated carbocycles. The van der Waals surface area contributed by atoms with E-state index < -0.39 is 15.5 Å². The highest BCUT2D eigenvalue weighted by Gasteiger charge is 2.35. The van der Waals surface area contributed by atoms with Crippen molar-refractivity contribution in [1.82, 2.24) is 5.32 Å². The fourth-order valence-corrected chi connectivity index (χ4v) is 2.71. The van der Waals surface area contributed by atoms with Crippen LogP contribution in [0.3, 0.4) is 0 Å². The van der Waals surface area contributed by atoms with Gasteiger partial charge in [0, 0.05) is 12.8 Å². The van der Waals surface area contributed by atoms with Crippen molar-refractivity contribution < 1.29 is 12.8 Å². The first-order valence-corrected chi connectivity index (χ1v) is 6.05. The number of piperidine rings is 1. The third-order valence-electron chi connectivity index (χ3n) is 1.94. The molecule has 3 nitrogen and oxygen atoms in total. The van der Waals surface area contributed by atoms with Gasteiger partial charge in [-0.1, -0.05) is 0 Å². The molecule has 1 aliphatic rings. The van der Waals surface area contributed by atoms with Crippen LogP contribution in [0.2, 0.25) is 0 Å². The molecule has 1 rings (SSSR count). The summed E-state index contributed by atoms with van der Waals surface area (Å²) in [5.41, 5.74) is -1.54. The van der Waals surface area contributed by atoms with Gasteiger partial charge >= 0.3 is 0 Å². The number of nitrogens with one attached hydrogen (secondary N) is 1. The van der Waals surface area contributed by atoms with E-state index in [1.165, 1.54) is 0 Å². The average Bonchev–Trinajstić information content (AvgIpc) is 1.83. The van der Waals surface area contributed by atoms with Crippen LogP contribution in [0, 0.1) is 0 Å². The summed E-state index contributed by atoms with van der Waals surface area (Å²) in [6.45, 7) is 0.954. The molecular weight excluding hydrogens is 181 g/mol. The first kappa shape index (κ1) is 9.92. The van der Waals surface area contributed by atoms with Gasteiger partial charge in [-0.15, -0.1) is 0 Å². The molecule has 0 amide bonds. The Kier molecular flexibility index (Phi) is 2.73. The van der Waals surface area contributed by atoms with Crippen LogP contribution in [0.25, 0.3) is 0 Å². The highest BCUT2D eigenvalue weighted by Crippen LogP contribution is 2.22. The van der Waals surface area contributed by atoms with Crippen LogP contribution in [0.15, 0.2) is 0 Å². The minimum atomic E-state index is -3.20. The molecule has 1 heterocycles. The van der Waals surface area contributed by atoms with Crippen molar-refractivity contribution in [2.24, 2.45) is 0 Å². The van der Waals surface area contributed by atoms with Crippen LogP contribution in [-0.4, -0.2) is 39.2 Å². The maximum Gasteiger partial charge on any atom is 0.150 e. The highest BCUT2D eigenvalue weighted by atomic mass is 32.2. The van der Waals surface area contributed by atoms with E-state index in [1.54, 1.807) is 0 Å². The summed E-state index contributed by atoms with van der Waals surface area (Å²) < 4.78 is 35.3. The third-order valence-corrected chi connectivity index (χ3v) is 2.98. The highest BCUT2D eigenvalue weighted by molar-refractivity contribution is 7.90. The first-order chi connectivity index (χ1) is 5.41. The van der Waals surface area contributed by atoms with E-state index in [-0.39, 0.29) is 12.3 Å². The maximum absolute atomic E-state index is 13.6. The molecule has 0 radical (unpaired) electrons. The Morgan fingerprint density at radius 2 is 2.25 bits per heavy atom. The number of hydrogen-bond acceptors (Lipinski definition) is 3. The predicted molar refractivity (Wildman–Crippen MR) is 45.7 cm³/mol. The zero-order valence-electron chi connectivity index (χ0n) is 7.14. The summed E-state index contributed by atoms with van der Waals surface area (Å²) in [5, 5.41) is 2.86. The smallest absolute Gasteiger partial charge is 0.150 e. The zero-order chi connectivity index (χ0) is 9.24. The number of halogens is 1. The molecule has 1 saturated heterocycles. The molecule has 72 valence electrons. The fourth-order valence-electron chi connectivity index (χ4n) is 1.52. The average molecular weight is 195 g/mol. The van der Waals surface area contributed by atoms with Crippen molar-refractivity contribution in [3.8, 4) is 0 Å². The molecule has 0 bridgehead atoms. The molecular formula is C7H14FNO2S. The molecule has 0 aromatic heterocycles. The van der Waals surface area contributed by atoms with E-state index >= 15 is 0 Å². The number of rotatable bonds is 2. The van der Waals surface area contributed by atoms with Crippen LogP contribution < -0.4 is 5.32 Å². The fraction of sp³-hybridized carbons (Fsp3) is 1.00. The lowest BCUT2D eigenvalue weighted by Crippen LogP contribution is -2.46. The lowest BCUT2D eigenvalue weighted by atomic mass is 9.99. The number of sulfone groups is 1. The number of alkyl halides is 1. The van der Waals surface area contributed by atoms with Gasteiger partial charge in [-0.25, -0.2) is 12.8 Å². The summed E-state index contributed by atoms with van der Waals surface area (Å²) in [6.07, 6.45) is 2.14. The maximum atomic E-state index is 13.6. The molecule has 5 heteroatoms. The zero-order valence-corrected chi connectivity index (χ0v) is 7.95. The lowest BCUT2D eigenvalue weighted by Gasteiger charge is -2.29. The molecule has 1 N–H and O–H groups in total. The Bertz CT molecular complexity index is 244. The van der Waals surface area contributed by atoms with Gasteiger partial charge in [0.2, 0.25) is 0 Å². The second-order valence-electron chi connectivity index (χ2n) is 3.50. The van der Waals surface area contributed by atoms with Crippen LogP contribution in [0.5, 0.6) is 0 Å². The molecule has 1 aliphatic heterocycles. The van der Waals surface area contributed by atoms with E-state index in [2.05, 4.69) is 5.32 Å². The van der Waals surface area contributed by atoms with Gasteiger partial charge < -0.3 is 5.32 Å². The second-order valence-corrected chi connectivity index (χ2v) is 5.64. The van der Waals surface area contributed by atoms with Crippen LogP contribution in [0.4, 0.5) is 4.39 Å². The molecule has 1 unspecified atom stereocenters. The summed E-state index contributed by atoms with van der Waals surface area (Å²) in [6, 6.07) is 0. The van der Waals surface area contributed by atoms with E-state index in [4.69, 9.17) is 0 Å². The summed E-state index contributed by atoms with van der Waals surface area (Å²) in [4.78, 5) is 0. The Hall–Kier alpha value is -0.160. The third kappa shape index (κ3) is 3.06. The van der Waals surface area contributed by atoms with Crippen LogP contribution in [0.1, 0.15) is 12.8 Å². The Morgan fingerprint density at radius 3 is 2.67 bits per heavy atom. The first-order valence-electron chi connectivity index (χ1n) is 3.99. The van der Waals surface area contributed by atoms with Crippen molar-refractivity contribution >= 4 is 9.84 Å². The van der Waals surface area contributed by atoms with Crippen LogP contribution >= 0.6 is 0 Å². The normalized spacial score (nSPS) is 31.8. The molecule has 0 aliphatic carbocycles.